The lowest BCUT2D eigenvalue weighted by molar-refractivity contribution is 0.307. The van der Waals surface area contributed by atoms with Gasteiger partial charge in [0.1, 0.15) is 5.88 Å². The van der Waals surface area contributed by atoms with E-state index in [-0.39, 0.29) is 0 Å². The summed E-state index contributed by atoms with van der Waals surface area (Å²) in [4.78, 5) is 2.05. The van der Waals surface area contributed by atoms with E-state index in [2.05, 4.69) is 11.8 Å². The SMILES string of the molecule is CC1CCCN1CS(=O)O. The van der Waals surface area contributed by atoms with Gasteiger partial charge in [0.15, 0.2) is 11.1 Å². The second kappa shape index (κ2) is 3.46. The van der Waals surface area contributed by atoms with Crippen LogP contribution in [0, 0.1) is 0 Å². The summed E-state index contributed by atoms with van der Waals surface area (Å²) in [7, 11) is 0. The minimum atomic E-state index is -1.65. The minimum absolute atomic E-state index is 0.321. The van der Waals surface area contributed by atoms with Crippen molar-refractivity contribution in [3.63, 3.8) is 0 Å². The van der Waals surface area contributed by atoms with Crippen molar-refractivity contribution in [1.82, 2.24) is 4.90 Å². The quantitative estimate of drug-likeness (QED) is 0.608. The Balaban J connectivity index is 2.33. The molecule has 0 aromatic rings. The van der Waals surface area contributed by atoms with E-state index >= 15 is 0 Å². The fourth-order valence-corrected chi connectivity index (χ4v) is 1.99. The predicted molar refractivity (Wildman–Crippen MR) is 41.0 cm³/mol. The Hall–Kier alpha value is 0.0700. The van der Waals surface area contributed by atoms with Crippen LogP contribution < -0.4 is 0 Å². The predicted octanol–water partition coefficient (Wildman–Crippen LogP) is 0.650. The molecule has 0 spiro atoms. The fourth-order valence-electron chi connectivity index (χ4n) is 1.33. The number of hydrogen-bond donors (Lipinski definition) is 1. The molecule has 0 saturated carbocycles. The second-order valence-electron chi connectivity index (χ2n) is 2.75. The van der Waals surface area contributed by atoms with Crippen molar-refractivity contribution < 1.29 is 8.76 Å². The fraction of sp³-hybridized carbons (Fsp3) is 1.00. The maximum absolute atomic E-state index is 10.4. The van der Waals surface area contributed by atoms with Crippen molar-refractivity contribution in [2.24, 2.45) is 0 Å². The van der Waals surface area contributed by atoms with Gasteiger partial charge in [0.2, 0.25) is 0 Å². The molecule has 0 aromatic carbocycles. The third kappa shape index (κ3) is 2.04. The lowest BCUT2D eigenvalue weighted by atomic mass is 10.2. The van der Waals surface area contributed by atoms with Crippen LogP contribution in [0.5, 0.6) is 0 Å². The number of hydrogen-bond acceptors (Lipinski definition) is 2. The summed E-state index contributed by atoms with van der Waals surface area (Å²) in [6.45, 7) is 3.08. The van der Waals surface area contributed by atoms with Crippen LogP contribution in [0.2, 0.25) is 0 Å². The molecule has 2 unspecified atom stereocenters. The molecule has 2 atom stereocenters. The van der Waals surface area contributed by atoms with Gasteiger partial charge in [-0.15, -0.1) is 0 Å². The Morgan fingerprint density at radius 3 is 2.90 bits per heavy atom. The minimum Gasteiger partial charge on any atom is -0.305 e. The maximum atomic E-state index is 10.4. The van der Waals surface area contributed by atoms with Gasteiger partial charge in [0.05, 0.1) is 0 Å². The van der Waals surface area contributed by atoms with Gasteiger partial charge < -0.3 is 4.55 Å². The van der Waals surface area contributed by atoms with E-state index in [0.29, 0.717) is 11.9 Å². The van der Waals surface area contributed by atoms with E-state index in [1.807, 2.05) is 0 Å². The van der Waals surface area contributed by atoms with Gasteiger partial charge in [-0.25, -0.2) is 4.21 Å². The van der Waals surface area contributed by atoms with Gasteiger partial charge in [0.25, 0.3) is 0 Å². The lowest BCUT2D eigenvalue weighted by Crippen LogP contribution is -2.29. The van der Waals surface area contributed by atoms with E-state index < -0.39 is 11.1 Å². The monoisotopic (exact) mass is 163 g/mol. The zero-order chi connectivity index (χ0) is 7.56. The molecule has 0 amide bonds. The molecular weight excluding hydrogens is 150 g/mol. The summed E-state index contributed by atoms with van der Waals surface area (Å²) in [6, 6.07) is 0.496. The van der Waals surface area contributed by atoms with Crippen molar-refractivity contribution >= 4 is 11.1 Å². The van der Waals surface area contributed by atoms with E-state index in [9.17, 15) is 4.21 Å². The second-order valence-corrected chi connectivity index (χ2v) is 3.66. The average molecular weight is 163 g/mol. The first kappa shape index (κ1) is 8.17. The molecule has 1 heterocycles. The molecule has 3 nitrogen and oxygen atoms in total. The van der Waals surface area contributed by atoms with Crippen molar-refractivity contribution in [2.45, 2.75) is 25.8 Å². The van der Waals surface area contributed by atoms with Crippen LogP contribution in [-0.4, -0.2) is 32.1 Å². The van der Waals surface area contributed by atoms with Gasteiger partial charge in [-0.05, 0) is 26.3 Å². The van der Waals surface area contributed by atoms with Gasteiger partial charge >= 0.3 is 0 Å². The molecule has 1 saturated heterocycles. The highest BCUT2D eigenvalue weighted by Gasteiger charge is 2.20. The van der Waals surface area contributed by atoms with E-state index in [1.165, 1.54) is 6.42 Å². The van der Waals surface area contributed by atoms with Crippen LogP contribution in [0.4, 0.5) is 0 Å². The van der Waals surface area contributed by atoms with Crippen molar-refractivity contribution in [3.05, 3.63) is 0 Å². The number of nitrogens with zero attached hydrogens (tertiary/aromatic N) is 1. The zero-order valence-electron chi connectivity index (χ0n) is 6.12. The first-order valence-corrected chi connectivity index (χ1v) is 4.79. The summed E-state index contributed by atoms with van der Waals surface area (Å²) >= 11 is -1.65. The summed E-state index contributed by atoms with van der Waals surface area (Å²) in [5, 5.41) is 0. The maximum Gasteiger partial charge on any atom is 0.167 e. The standard InChI is InChI=1S/C6H13NO2S/c1-6-3-2-4-7(6)5-10(8)9/h6H,2-5H2,1H3,(H,8,9). The smallest absolute Gasteiger partial charge is 0.167 e. The van der Waals surface area contributed by atoms with Crippen LogP contribution in [0.15, 0.2) is 0 Å². The molecule has 0 aromatic heterocycles. The third-order valence-corrected chi connectivity index (χ3v) is 2.52. The first-order valence-electron chi connectivity index (χ1n) is 3.51. The highest BCUT2D eigenvalue weighted by molar-refractivity contribution is 7.79. The lowest BCUT2D eigenvalue weighted by Gasteiger charge is -2.17. The third-order valence-electron chi connectivity index (χ3n) is 1.97. The molecule has 0 aliphatic carbocycles. The Labute approximate surface area is 63.7 Å². The number of rotatable bonds is 2. The average Bonchev–Trinajstić information content (AvgIpc) is 2.15. The molecule has 1 rings (SSSR count). The molecule has 0 bridgehead atoms. The topological polar surface area (TPSA) is 40.5 Å². The molecule has 0 radical (unpaired) electrons. The van der Waals surface area contributed by atoms with E-state index in [0.717, 1.165) is 13.0 Å². The molecule has 4 heteroatoms. The molecular formula is C6H13NO2S. The van der Waals surface area contributed by atoms with Gasteiger partial charge in [-0.3, -0.25) is 4.90 Å². The van der Waals surface area contributed by atoms with Crippen molar-refractivity contribution in [3.8, 4) is 0 Å². The van der Waals surface area contributed by atoms with E-state index in [4.69, 9.17) is 4.55 Å². The highest BCUT2D eigenvalue weighted by Crippen LogP contribution is 2.15. The molecule has 1 fully saturated rings. The normalized spacial score (nSPS) is 30.8. The first-order chi connectivity index (χ1) is 4.70. The zero-order valence-corrected chi connectivity index (χ0v) is 6.93. The molecule has 1 aliphatic heterocycles. The Bertz CT molecular complexity index is 140. The van der Waals surface area contributed by atoms with Crippen LogP contribution in [-0.2, 0) is 11.1 Å². The molecule has 1 aliphatic rings. The van der Waals surface area contributed by atoms with Gasteiger partial charge in [-0.1, -0.05) is 0 Å². The van der Waals surface area contributed by atoms with Crippen LogP contribution in [0.1, 0.15) is 19.8 Å². The van der Waals surface area contributed by atoms with Crippen molar-refractivity contribution in [1.29, 1.82) is 0 Å². The number of likely N-dealkylation sites (tertiary alicyclic amines) is 1. The molecule has 10 heavy (non-hydrogen) atoms. The van der Waals surface area contributed by atoms with Gasteiger partial charge in [-0.2, -0.15) is 0 Å². The summed E-state index contributed by atoms with van der Waals surface area (Å²) in [5.74, 6) is 0.321. The summed E-state index contributed by atoms with van der Waals surface area (Å²) < 4.78 is 18.9. The Morgan fingerprint density at radius 2 is 2.50 bits per heavy atom. The van der Waals surface area contributed by atoms with Crippen LogP contribution in [0.25, 0.3) is 0 Å². The molecule has 1 N–H and O–H groups in total. The van der Waals surface area contributed by atoms with Crippen LogP contribution in [0.3, 0.4) is 0 Å². The highest BCUT2D eigenvalue weighted by atomic mass is 32.2. The Kier molecular flexibility index (Phi) is 2.82. The largest absolute Gasteiger partial charge is 0.305 e. The van der Waals surface area contributed by atoms with E-state index in [1.54, 1.807) is 0 Å². The summed E-state index contributed by atoms with van der Waals surface area (Å²) in [6.07, 6.45) is 2.33. The van der Waals surface area contributed by atoms with Crippen molar-refractivity contribution in [2.75, 3.05) is 12.4 Å². The van der Waals surface area contributed by atoms with Crippen LogP contribution >= 0.6 is 0 Å². The molecule has 60 valence electrons. The van der Waals surface area contributed by atoms with Gasteiger partial charge in [0, 0.05) is 6.04 Å². The summed E-state index contributed by atoms with van der Waals surface area (Å²) in [5.41, 5.74) is 0. The Morgan fingerprint density at radius 1 is 1.80 bits per heavy atom.